The highest BCUT2D eigenvalue weighted by Gasteiger charge is 2.49. The van der Waals surface area contributed by atoms with Gasteiger partial charge in [0.15, 0.2) is 0 Å². The maximum atomic E-state index is 11.0. The first kappa shape index (κ1) is 10.4. The SMILES string of the molecule is Cc1cc(CC2(C(=O)O)CC2)cnc1Cl. The van der Waals surface area contributed by atoms with E-state index in [9.17, 15) is 4.79 Å². The minimum Gasteiger partial charge on any atom is -0.481 e. The highest BCUT2D eigenvalue weighted by atomic mass is 35.5. The van der Waals surface area contributed by atoms with Crippen LogP contribution in [-0.4, -0.2) is 16.1 Å². The summed E-state index contributed by atoms with van der Waals surface area (Å²) >= 11 is 5.80. The molecule has 0 saturated heterocycles. The van der Waals surface area contributed by atoms with Gasteiger partial charge in [0.05, 0.1) is 5.41 Å². The summed E-state index contributed by atoms with van der Waals surface area (Å²) in [6, 6.07) is 1.92. The van der Waals surface area contributed by atoms with Crippen LogP contribution < -0.4 is 0 Å². The molecule has 0 amide bonds. The molecule has 1 aliphatic rings. The number of hydrogen-bond acceptors (Lipinski definition) is 2. The smallest absolute Gasteiger partial charge is 0.309 e. The maximum absolute atomic E-state index is 11.0. The van der Waals surface area contributed by atoms with Gasteiger partial charge in [-0.1, -0.05) is 17.7 Å². The molecule has 0 atom stereocenters. The predicted octanol–water partition coefficient (Wildman–Crippen LogP) is 2.45. The maximum Gasteiger partial charge on any atom is 0.309 e. The van der Waals surface area contributed by atoms with Crippen molar-refractivity contribution in [2.45, 2.75) is 26.2 Å². The molecular formula is C11H12ClNO2. The van der Waals surface area contributed by atoms with Crippen LogP contribution in [0.3, 0.4) is 0 Å². The molecule has 1 aliphatic carbocycles. The number of aromatic nitrogens is 1. The van der Waals surface area contributed by atoms with Crippen molar-refractivity contribution in [3.05, 3.63) is 28.5 Å². The lowest BCUT2D eigenvalue weighted by Gasteiger charge is -2.09. The molecule has 1 heterocycles. The largest absolute Gasteiger partial charge is 0.481 e. The molecule has 3 nitrogen and oxygen atoms in total. The van der Waals surface area contributed by atoms with Crippen molar-refractivity contribution in [3.8, 4) is 0 Å². The van der Waals surface area contributed by atoms with Crippen molar-refractivity contribution in [1.82, 2.24) is 4.98 Å². The van der Waals surface area contributed by atoms with Gasteiger partial charge in [-0.3, -0.25) is 4.79 Å². The second kappa shape index (κ2) is 3.49. The predicted molar refractivity (Wildman–Crippen MR) is 57.0 cm³/mol. The Morgan fingerprint density at radius 3 is 2.80 bits per heavy atom. The van der Waals surface area contributed by atoms with Crippen molar-refractivity contribution in [1.29, 1.82) is 0 Å². The van der Waals surface area contributed by atoms with Gasteiger partial charge in [0.2, 0.25) is 0 Å². The molecular weight excluding hydrogens is 214 g/mol. The van der Waals surface area contributed by atoms with Crippen LogP contribution in [0.15, 0.2) is 12.3 Å². The van der Waals surface area contributed by atoms with Gasteiger partial charge < -0.3 is 5.11 Å². The Bertz CT molecular complexity index is 413. The van der Waals surface area contributed by atoms with E-state index in [0.29, 0.717) is 11.6 Å². The Morgan fingerprint density at radius 2 is 2.33 bits per heavy atom. The molecule has 1 aromatic heterocycles. The summed E-state index contributed by atoms with van der Waals surface area (Å²) < 4.78 is 0. The fourth-order valence-electron chi connectivity index (χ4n) is 1.72. The molecule has 0 unspecified atom stereocenters. The van der Waals surface area contributed by atoms with Crippen LogP contribution in [0.1, 0.15) is 24.0 Å². The monoisotopic (exact) mass is 225 g/mol. The molecule has 1 saturated carbocycles. The Balaban J connectivity index is 2.18. The Labute approximate surface area is 93.1 Å². The van der Waals surface area contributed by atoms with Gasteiger partial charge in [-0.15, -0.1) is 0 Å². The van der Waals surface area contributed by atoms with Gasteiger partial charge in [0.25, 0.3) is 0 Å². The molecule has 0 spiro atoms. The lowest BCUT2D eigenvalue weighted by molar-refractivity contribution is -0.143. The van der Waals surface area contributed by atoms with E-state index in [1.807, 2.05) is 13.0 Å². The molecule has 0 aromatic carbocycles. The molecule has 2 rings (SSSR count). The van der Waals surface area contributed by atoms with Crippen LogP contribution in [-0.2, 0) is 11.2 Å². The highest BCUT2D eigenvalue weighted by Crippen LogP contribution is 2.48. The molecule has 1 aromatic rings. The number of aliphatic carboxylic acids is 1. The summed E-state index contributed by atoms with van der Waals surface area (Å²) in [5.41, 5.74) is 1.33. The molecule has 0 radical (unpaired) electrons. The van der Waals surface area contributed by atoms with Crippen molar-refractivity contribution in [2.24, 2.45) is 5.41 Å². The standard InChI is InChI=1S/C11H12ClNO2/c1-7-4-8(6-13-9(7)12)5-11(2-3-11)10(14)15/h4,6H,2-3,5H2,1H3,(H,14,15). The van der Waals surface area contributed by atoms with Gasteiger partial charge in [0, 0.05) is 6.20 Å². The zero-order valence-corrected chi connectivity index (χ0v) is 9.21. The van der Waals surface area contributed by atoms with E-state index in [4.69, 9.17) is 16.7 Å². The number of hydrogen-bond donors (Lipinski definition) is 1. The number of nitrogens with zero attached hydrogens (tertiary/aromatic N) is 1. The fourth-order valence-corrected chi connectivity index (χ4v) is 1.82. The summed E-state index contributed by atoms with van der Waals surface area (Å²) in [5, 5.41) is 9.53. The zero-order valence-electron chi connectivity index (χ0n) is 8.46. The molecule has 80 valence electrons. The second-order valence-electron chi connectivity index (χ2n) is 4.21. The van der Waals surface area contributed by atoms with Crippen LogP contribution >= 0.6 is 11.6 Å². The molecule has 0 bridgehead atoms. The third-order valence-corrected chi connectivity index (χ3v) is 3.32. The lowest BCUT2D eigenvalue weighted by Crippen LogP contribution is -2.17. The number of carboxylic acids is 1. The van der Waals surface area contributed by atoms with Gasteiger partial charge in [-0.05, 0) is 37.3 Å². The number of carboxylic acid groups (broad SMARTS) is 1. The van der Waals surface area contributed by atoms with E-state index in [2.05, 4.69) is 4.98 Å². The van der Waals surface area contributed by atoms with Gasteiger partial charge in [-0.25, -0.2) is 4.98 Å². The summed E-state index contributed by atoms with van der Waals surface area (Å²) in [7, 11) is 0. The summed E-state index contributed by atoms with van der Waals surface area (Å²) in [6.07, 6.45) is 3.76. The summed E-state index contributed by atoms with van der Waals surface area (Å²) in [6.45, 7) is 1.87. The fraction of sp³-hybridized carbons (Fsp3) is 0.455. The minimum atomic E-state index is -0.699. The third kappa shape index (κ3) is 1.97. The molecule has 1 fully saturated rings. The molecule has 1 N–H and O–H groups in total. The number of rotatable bonds is 3. The normalized spacial score (nSPS) is 17.5. The quantitative estimate of drug-likeness (QED) is 0.804. The van der Waals surface area contributed by atoms with E-state index < -0.39 is 11.4 Å². The third-order valence-electron chi connectivity index (χ3n) is 2.92. The molecule has 4 heteroatoms. The van der Waals surface area contributed by atoms with E-state index in [1.165, 1.54) is 0 Å². The first-order chi connectivity index (χ1) is 7.03. The first-order valence-electron chi connectivity index (χ1n) is 4.88. The average Bonchev–Trinajstić information content (AvgIpc) is 2.93. The van der Waals surface area contributed by atoms with Gasteiger partial charge >= 0.3 is 5.97 Å². The number of aryl methyl sites for hydroxylation is 1. The summed E-state index contributed by atoms with van der Waals surface area (Å²) in [5.74, 6) is -0.699. The van der Waals surface area contributed by atoms with Crippen LogP contribution in [0.25, 0.3) is 0 Å². The van der Waals surface area contributed by atoms with Crippen LogP contribution in [0.2, 0.25) is 5.15 Å². The summed E-state index contributed by atoms with van der Waals surface area (Å²) in [4.78, 5) is 15.0. The van der Waals surface area contributed by atoms with Crippen LogP contribution in [0.4, 0.5) is 0 Å². The second-order valence-corrected chi connectivity index (χ2v) is 4.57. The lowest BCUT2D eigenvalue weighted by atomic mass is 9.97. The van der Waals surface area contributed by atoms with Gasteiger partial charge in [-0.2, -0.15) is 0 Å². The van der Waals surface area contributed by atoms with Crippen LogP contribution in [0.5, 0.6) is 0 Å². The minimum absolute atomic E-state index is 0.485. The van der Waals surface area contributed by atoms with Crippen molar-refractivity contribution in [3.63, 3.8) is 0 Å². The van der Waals surface area contributed by atoms with Gasteiger partial charge in [0.1, 0.15) is 5.15 Å². The Kier molecular flexibility index (Phi) is 2.43. The van der Waals surface area contributed by atoms with Crippen molar-refractivity contribution < 1.29 is 9.90 Å². The average molecular weight is 226 g/mol. The number of pyridine rings is 1. The first-order valence-corrected chi connectivity index (χ1v) is 5.26. The van der Waals surface area contributed by atoms with E-state index in [0.717, 1.165) is 24.0 Å². The van der Waals surface area contributed by atoms with E-state index in [1.54, 1.807) is 6.20 Å². The zero-order chi connectivity index (χ0) is 11.1. The number of carbonyl (C=O) groups is 1. The molecule has 15 heavy (non-hydrogen) atoms. The Morgan fingerprint density at radius 1 is 1.67 bits per heavy atom. The van der Waals surface area contributed by atoms with Crippen molar-refractivity contribution >= 4 is 17.6 Å². The van der Waals surface area contributed by atoms with E-state index in [-0.39, 0.29) is 0 Å². The van der Waals surface area contributed by atoms with Crippen molar-refractivity contribution in [2.75, 3.05) is 0 Å². The van der Waals surface area contributed by atoms with Crippen LogP contribution in [0, 0.1) is 12.3 Å². The van der Waals surface area contributed by atoms with E-state index >= 15 is 0 Å². The Hall–Kier alpha value is -1.09. The topological polar surface area (TPSA) is 50.2 Å². The highest BCUT2D eigenvalue weighted by molar-refractivity contribution is 6.30. The number of halogens is 1. The molecule has 0 aliphatic heterocycles.